The van der Waals surface area contributed by atoms with Crippen LogP contribution in [0, 0.1) is 0 Å². The van der Waals surface area contributed by atoms with Crippen molar-refractivity contribution < 1.29 is 23.1 Å². The molecular formula is C14H21N3O5S. The van der Waals surface area contributed by atoms with E-state index in [1.165, 1.54) is 12.4 Å². The molecule has 2 fully saturated rings. The predicted octanol–water partition coefficient (Wildman–Crippen LogP) is 0.861. The molecule has 0 bridgehead atoms. The smallest absolute Gasteiger partial charge is 0.322 e. The zero-order valence-electron chi connectivity index (χ0n) is 13.0. The van der Waals surface area contributed by atoms with Gasteiger partial charge in [-0.3, -0.25) is 9.48 Å². The summed E-state index contributed by atoms with van der Waals surface area (Å²) in [6, 6.07) is -1.32. The molecule has 1 unspecified atom stereocenters. The molecule has 0 aliphatic carbocycles. The molecule has 3 rings (SSSR count). The number of aromatic nitrogens is 2. The number of sulfonamides is 1. The normalized spacial score (nSPS) is 29.7. The van der Waals surface area contributed by atoms with Crippen LogP contribution in [0.4, 0.5) is 0 Å². The Hall–Kier alpha value is -1.45. The molecule has 8 nitrogen and oxygen atoms in total. The van der Waals surface area contributed by atoms with Crippen molar-refractivity contribution in [2.24, 2.45) is 0 Å². The lowest BCUT2D eigenvalue weighted by molar-refractivity contribution is -0.143. The molecule has 3 heterocycles. The van der Waals surface area contributed by atoms with Crippen molar-refractivity contribution in [1.29, 1.82) is 0 Å². The summed E-state index contributed by atoms with van der Waals surface area (Å²) in [5.74, 6) is -1.10. The van der Waals surface area contributed by atoms with Crippen LogP contribution < -0.4 is 0 Å². The number of nitrogens with zero attached hydrogens (tertiary/aromatic N) is 3. The fourth-order valence-electron chi connectivity index (χ4n) is 3.31. The standard InChI is InChI=1S/C14H21N3O5S/c1-10-3-2-4-13(14(18)19)17(10)23(20,21)12-7-15-16(8-12)11-5-6-22-9-11/h7-8,10-11,13H,2-6,9H2,1H3,(H,18,19)/t10-,11?,13-/m1/s1. The molecule has 0 saturated carbocycles. The summed E-state index contributed by atoms with van der Waals surface area (Å²) in [4.78, 5) is 11.5. The van der Waals surface area contributed by atoms with E-state index in [-0.39, 0.29) is 17.0 Å². The minimum Gasteiger partial charge on any atom is -0.480 e. The molecule has 128 valence electrons. The van der Waals surface area contributed by atoms with Gasteiger partial charge in [0.2, 0.25) is 10.0 Å². The molecule has 1 N–H and O–H groups in total. The third-order valence-electron chi connectivity index (χ3n) is 4.56. The number of rotatable bonds is 4. The maximum Gasteiger partial charge on any atom is 0.322 e. The molecule has 2 saturated heterocycles. The number of ether oxygens (including phenoxy) is 1. The van der Waals surface area contributed by atoms with E-state index in [9.17, 15) is 18.3 Å². The van der Waals surface area contributed by atoms with Crippen LogP contribution in [-0.4, -0.2) is 58.9 Å². The van der Waals surface area contributed by atoms with Crippen LogP contribution in [-0.2, 0) is 19.6 Å². The fraction of sp³-hybridized carbons (Fsp3) is 0.714. The summed E-state index contributed by atoms with van der Waals surface area (Å²) in [6.45, 7) is 2.90. The highest BCUT2D eigenvalue weighted by Gasteiger charge is 2.42. The van der Waals surface area contributed by atoms with Gasteiger partial charge in [-0.2, -0.15) is 9.40 Å². The van der Waals surface area contributed by atoms with Gasteiger partial charge in [0.25, 0.3) is 0 Å². The van der Waals surface area contributed by atoms with Crippen LogP contribution in [0.25, 0.3) is 0 Å². The van der Waals surface area contributed by atoms with Crippen molar-refractivity contribution in [3.05, 3.63) is 12.4 Å². The van der Waals surface area contributed by atoms with Crippen LogP contribution >= 0.6 is 0 Å². The average Bonchev–Trinajstić information content (AvgIpc) is 3.17. The van der Waals surface area contributed by atoms with E-state index in [4.69, 9.17) is 4.74 Å². The van der Waals surface area contributed by atoms with E-state index < -0.39 is 22.0 Å². The minimum absolute atomic E-state index is 0.0352. The first kappa shape index (κ1) is 16.4. The number of carbonyl (C=O) groups is 1. The highest BCUT2D eigenvalue weighted by molar-refractivity contribution is 7.89. The van der Waals surface area contributed by atoms with Crippen LogP contribution in [0.2, 0.25) is 0 Å². The highest BCUT2D eigenvalue weighted by atomic mass is 32.2. The van der Waals surface area contributed by atoms with Crippen molar-refractivity contribution in [3.63, 3.8) is 0 Å². The molecule has 0 spiro atoms. The number of aliphatic carboxylic acids is 1. The number of carboxylic acid groups (broad SMARTS) is 1. The third-order valence-corrected chi connectivity index (χ3v) is 6.54. The van der Waals surface area contributed by atoms with Crippen LogP contribution in [0.15, 0.2) is 17.3 Å². The van der Waals surface area contributed by atoms with Gasteiger partial charge in [0.1, 0.15) is 10.9 Å². The van der Waals surface area contributed by atoms with Gasteiger partial charge in [0.05, 0.1) is 18.8 Å². The second kappa shape index (κ2) is 6.21. The van der Waals surface area contributed by atoms with E-state index >= 15 is 0 Å². The van der Waals surface area contributed by atoms with Gasteiger partial charge in [0, 0.05) is 18.8 Å². The highest BCUT2D eigenvalue weighted by Crippen LogP contribution is 2.30. The summed E-state index contributed by atoms with van der Waals surface area (Å²) in [5.41, 5.74) is 0. The van der Waals surface area contributed by atoms with Crippen LogP contribution in [0.3, 0.4) is 0 Å². The SMILES string of the molecule is C[C@@H]1CCC[C@H](C(=O)O)N1S(=O)(=O)c1cnn(C2CCOC2)c1. The molecular weight excluding hydrogens is 322 g/mol. The monoisotopic (exact) mass is 343 g/mol. The molecule has 0 radical (unpaired) electrons. The van der Waals surface area contributed by atoms with E-state index in [1.54, 1.807) is 11.6 Å². The zero-order chi connectivity index (χ0) is 16.6. The van der Waals surface area contributed by atoms with Crippen molar-refractivity contribution >= 4 is 16.0 Å². The summed E-state index contributed by atoms with van der Waals surface area (Å²) in [5, 5.41) is 13.5. The number of carboxylic acids is 1. The van der Waals surface area contributed by atoms with Gasteiger partial charge in [-0.05, 0) is 32.6 Å². The number of hydrogen-bond donors (Lipinski definition) is 1. The Bertz CT molecular complexity index is 680. The molecule has 1 aromatic heterocycles. The summed E-state index contributed by atoms with van der Waals surface area (Å²) < 4.78 is 33.9. The second-order valence-corrected chi connectivity index (χ2v) is 7.99. The van der Waals surface area contributed by atoms with Gasteiger partial charge >= 0.3 is 5.97 Å². The lowest BCUT2D eigenvalue weighted by Gasteiger charge is -2.36. The lowest BCUT2D eigenvalue weighted by Crippen LogP contribution is -2.52. The van der Waals surface area contributed by atoms with E-state index in [2.05, 4.69) is 5.10 Å². The largest absolute Gasteiger partial charge is 0.480 e. The molecule has 0 aromatic carbocycles. The van der Waals surface area contributed by atoms with Gasteiger partial charge in [0.15, 0.2) is 0 Å². The maximum atomic E-state index is 12.9. The van der Waals surface area contributed by atoms with Crippen molar-refractivity contribution in [1.82, 2.24) is 14.1 Å². The number of hydrogen-bond acceptors (Lipinski definition) is 5. The molecule has 2 aliphatic heterocycles. The Morgan fingerprint density at radius 2 is 2.17 bits per heavy atom. The molecule has 0 amide bonds. The fourth-order valence-corrected chi connectivity index (χ4v) is 5.09. The molecule has 23 heavy (non-hydrogen) atoms. The molecule has 2 aliphatic rings. The van der Waals surface area contributed by atoms with Gasteiger partial charge in [-0.25, -0.2) is 8.42 Å². The summed E-state index contributed by atoms with van der Waals surface area (Å²) >= 11 is 0. The molecule has 9 heteroatoms. The van der Waals surface area contributed by atoms with Gasteiger partial charge in [-0.15, -0.1) is 0 Å². The van der Waals surface area contributed by atoms with Crippen molar-refractivity contribution in [3.8, 4) is 0 Å². The molecule has 1 aromatic rings. The van der Waals surface area contributed by atoms with E-state index in [0.29, 0.717) is 32.5 Å². The van der Waals surface area contributed by atoms with Crippen molar-refractivity contribution in [2.75, 3.05) is 13.2 Å². The Balaban J connectivity index is 1.91. The Labute approximate surface area is 135 Å². The third kappa shape index (κ3) is 3.00. The summed E-state index contributed by atoms with van der Waals surface area (Å²) in [6.07, 6.45) is 5.28. The predicted molar refractivity (Wildman–Crippen MR) is 80.5 cm³/mol. The van der Waals surface area contributed by atoms with Crippen LogP contribution in [0.5, 0.6) is 0 Å². The maximum absolute atomic E-state index is 12.9. The van der Waals surface area contributed by atoms with E-state index in [1.807, 2.05) is 0 Å². The van der Waals surface area contributed by atoms with Gasteiger partial charge in [-0.1, -0.05) is 0 Å². The quantitative estimate of drug-likeness (QED) is 0.870. The Morgan fingerprint density at radius 1 is 1.39 bits per heavy atom. The first-order valence-electron chi connectivity index (χ1n) is 7.79. The number of piperidine rings is 1. The lowest BCUT2D eigenvalue weighted by atomic mass is 10.00. The second-order valence-electron chi connectivity index (χ2n) is 6.14. The first-order chi connectivity index (χ1) is 10.9. The van der Waals surface area contributed by atoms with Crippen LogP contribution in [0.1, 0.15) is 38.6 Å². The minimum atomic E-state index is -3.89. The summed E-state index contributed by atoms with van der Waals surface area (Å²) in [7, 11) is -3.89. The van der Waals surface area contributed by atoms with E-state index in [0.717, 1.165) is 10.7 Å². The topological polar surface area (TPSA) is 102 Å². The van der Waals surface area contributed by atoms with Gasteiger partial charge < -0.3 is 9.84 Å². The molecule has 3 atom stereocenters. The first-order valence-corrected chi connectivity index (χ1v) is 9.23. The Morgan fingerprint density at radius 3 is 2.83 bits per heavy atom. The average molecular weight is 343 g/mol. The van der Waals surface area contributed by atoms with Crippen molar-refractivity contribution in [2.45, 2.75) is 55.6 Å². The Kier molecular flexibility index (Phi) is 4.43. The zero-order valence-corrected chi connectivity index (χ0v) is 13.8.